The first kappa shape index (κ1) is 12.5. The lowest BCUT2D eigenvalue weighted by Crippen LogP contribution is -2.42. The molecule has 4 nitrogen and oxygen atoms in total. The predicted octanol–water partition coefficient (Wildman–Crippen LogP) is 0.670. The molecule has 0 spiro atoms. The van der Waals surface area contributed by atoms with Crippen LogP contribution in [0.2, 0.25) is 0 Å². The summed E-state index contributed by atoms with van der Waals surface area (Å²) in [6.45, 7) is 6.26. The second kappa shape index (κ2) is 6.80. The summed E-state index contributed by atoms with van der Waals surface area (Å²) in [6, 6.07) is -0.105. The normalized spacial score (nSPS) is 22.7. The van der Waals surface area contributed by atoms with E-state index in [1.807, 2.05) is 13.8 Å². The molecule has 1 aliphatic heterocycles. The SMILES string of the molecule is CCNC(=O)C(C)NCCC1CCCO1. The standard InChI is InChI=1S/C11H22N2O2/c1-3-12-11(14)9(2)13-7-6-10-5-4-8-15-10/h9-10,13H,3-8H2,1-2H3,(H,12,14). The number of amides is 1. The highest BCUT2D eigenvalue weighted by atomic mass is 16.5. The lowest BCUT2D eigenvalue weighted by molar-refractivity contribution is -0.122. The van der Waals surface area contributed by atoms with E-state index in [1.165, 1.54) is 6.42 Å². The van der Waals surface area contributed by atoms with E-state index >= 15 is 0 Å². The predicted molar refractivity (Wildman–Crippen MR) is 59.7 cm³/mol. The van der Waals surface area contributed by atoms with Gasteiger partial charge in [0.1, 0.15) is 0 Å². The Balaban J connectivity index is 2.05. The van der Waals surface area contributed by atoms with Crippen molar-refractivity contribution < 1.29 is 9.53 Å². The molecule has 1 saturated heterocycles. The molecule has 2 unspecified atom stereocenters. The molecule has 1 aliphatic rings. The van der Waals surface area contributed by atoms with E-state index in [1.54, 1.807) is 0 Å². The van der Waals surface area contributed by atoms with Crippen LogP contribution in [0.15, 0.2) is 0 Å². The van der Waals surface area contributed by atoms with Gasteiger partial charge in [0.15, 0.2) is 0 Å². The number of ether oxygens (including phenoxy) is 1. The van der Waals surface area contributed by atoms with Gasteiger partial charge in [-0.3, -0.25) is 4.79 Å². The number of hydrogen-bond donors (Lipinski definition) is 2. The third kappa shape index (κ3) is 4.62. The zero-order valence-electron chi connectivity index (χ0n) is 9.71. The van der Waals surface area contributed by atoms with Crippen molar-refractivity contribution in [1.82, 2.24) is 10.6 Å². The zero-order chi connectivity index (χ0) is 11.1. The monoisotopic (exact) mass is 214 g/mol. The molecule has 0 bridgehead atoms. The van der Waals surface area contributed by atoms with Crippen LogP contribution < -0.4 is 10.6 Å². The fraction of sp³-hybridized carbons (Fsp3) is 0.909. The van der Waals surface area contributed by atoms with Crippen molar-refractivity contribution in [2.45, 2.75) is 45.3 Å². The summed E-state index contributed by atoms with van der Waals surface area (Å²) in [4.78, 5) is 11.4. The first-order valence-corrected chi connectivity index (χ1v) is 5.86. The molecule has 0 aromatic heterocycles. The molecule has 0 saturated carbocycles. The van der Waals surface area contributed by atoms with Crippen LogP contribution in [0.1, 0.15) is 33.1 Å². The maximum atomic E-state index is 11.4. The Morgan fingerprint density at radius 2 is 2.40 bits per heavy atom. The van der Waals surface area contributed by atoms with Gasteiger partial charge in [-0.25, -0.2) is 0 Å². The molecule has 4 heteroatoms. The largest absolute Gasteiger partial charge is 0.378 e. The van der Waals surface area contributed by atoms with Gasteiger partial charge in [0.25, 0.3) is 0 Å². The molecule has 1 fully saturated rings. The number of carbonyl (C=O) groups excluding carboxylic acids is 1. The average Bonchev–Trinajstić information content (AvgIpc) is 2.71. The van der Waals surface area contributed by atoms with Crippen molar-refractivity contribution in [3.8, 4) is 0 Å². The van der Waals surface area contributed by atoms with E-state index in [9.17, 15) is 4.79 Å². The molecular weight excluding hydrogens is 192 g/mol. The lowest BCUT2D eigenvalue weighted by atomic mass is 10.2. The van der Waals surface area contributed by atoms with E-state index in [0.717, 1.165) is 26.0 Å². The van der Waals surface area contributed by atoms with E-state index < -0.39 is 0 Å². The van der Waals surface area contributed by atoms with Gasteiger partial charge in [-0.2, -0.15) is 0 Å². The fourth-order valence-electron chi connectivity index (χ4n) is 1.75. The Kier molecular flexibility index (Phi) is 5.65. The third-order valence-corrected chi connectivity index (χ3v) is 2.69. The summed E-state index contributed by atoms with van der Waals surface area (Å²) in [7, 11) is 0. The second-order valence-electron chi connectivity index (χ2n) is 3.99. The van der Waals surface area contributed by atoms with Gasteiger partial charge in [0.2, 0.25) is 5.91 Å². The van der Waals surface area contributed by atoms with Crippen LogP contribution in [0, 0.1) is 0 Å². The molecule has 88 valence electrons. The van der Waals surface area contributed by atoms with Crippen LogP contribution in [-0.2, 0) is 9.53 Å². The van der Waals surface area contributed by atoms with Crippen LogP contribution in [0.4, 0.5) is 0 Å². The summed E-state index contributed by atoms with van der Waals surface area (Å²) in [5.41, 5.74) is 0. The average molecular weight is 214 g/mol. The van der Waals surface area contributed by atoms with Crippen LogP contribution in [0.5, 0.6) is 0 Å². The highest BCUT2D eigenvalue weighted by molar-refractivity contribution is 5.81. The highest BCUT2D eigenvalue weighted by Gasteiger charge is 2.16. The van der Waals surface area contributed by atoms with Crippen molar-refractivity contribution in [2.75, 3.05) is 19.7 Å². The van der Waals surface area contributed by atoms with E-state index in [-0.39, 0.29) is 11.9 Å². The summed E-state index contributed by atoms with van der Waals surface area (Å²) in [5, 5.41) is 5.99. The molecule has 0 aromatic rings. The maximum Gasteiger partial charge on any atom is 0.236 e. The number of rotatable bonds is 6. The zero-order valence-corrected chi connectivity index (χ0v) is 9.71. The van der Waals surface area contributed by atoms with Crippen LogP contribution >= 0.6 is 0 Å². The minimum atomic E-state index is -0.105. The Morgan fingerprint density at radius 1 is 1.60 bits per heavy atom. The van der Waals surface area contributed by atoms with Gasteiger partial charge in [0.05, 0.1) is 12.1 Å². The van der Waals surface area contributed by atoms with Gasteiger partial charge < -0.3 is 15.4 Å². The molecule has 2 N–H and O–H groups in total. The topological polar surface area (TPSA) is 50.4 Å². The number of hydrogen-bond acceptors (Lipinski definition) is 3. The van der Waals surface area contributed by atoms with Gasteiger partial charge in [-0.1, -0.05) is 0 Å². The van der Waals surface area contributed by atoms with Crippen LogP contribution in [0.3, 0.4) is 0 Å². The number of likely N-dealkylation sites (N-methyl/N-ethyl adjacent to an activating group) is 1. The van der Waals surface area contributed by atoms with E-state index in [0.29, 0.717) is 12.6 Å². The van der Waals surface area contributed by atoms with Crippen LogP contribution in [-0.4, -0.2) is 37.7 Å². The highest BCUT2D eigenvalue weighted by Crippen LogP contribution is 2.14. The van der Waals surface area contributed by atoms with Crippen molar-refractivity contribution in [1.29, 1.82) is 0 Å². The van der Waals surface area contributed by atoms with E-state index in [2.05, 4.69) is 10.6 Å². The minimum absolute atomic E-state index is 0.0739. The van der Waals surface area contributed by atoms with Gasteiger partial charge in [-0.15, -0.1) is 0 Å². The first-order valence-electron chi connectivity index (χ1n) is 5.86. The summed E-state index contributed by atoms with van der Waals surface area (Å²) in [6.07, 6.45) is 3.75. The number of nitrogens with one attached hydrogen (secondary N) is 2. The van der Waals surface area contributed by atoms with E-state index in [4.69, 9.17) is 4.74 Å². The molecule has 2 atom stereocenters. The molecule has 0 radical (unpaired) electrons. The maximum absolute atomic E-state index is 11.4. The van der Waals surface area contributed by atoms with Crippen molar-refractivity contribution in [3.05, 3.63) is 0 Å². The van der Waals surface area contributed by atoms with Crippen molar-refractivity contribution in [3.63, 3.8) is 0 Å². The Morgan fingerprint density at radius 3 is 3.00 bits per heavy atom. The minimum Gasteiger partial charge on any atom is -0.378 e. The quantitative estimate of drug-likeness (QED) is 0.683. The Bertz CT molecular complexity index is 191. The van der Waals surface area contributed by atoms with Crippen LogP contribution in [0.25, 0.3) is 0 Å². The molecule has 0 aliphatic carbocycles. The molecule has 1 rings (SSSR count). The van der Waals surface area contributed by atoms with Gasteiger partial charge >= 0.3 is 0 Å². The molecule has 0 aromatic carbocycles. The first-order chi connectivity index (χ1) is 7.24. The number of carbonyl (C=O) groups is 1. The second-order valence-corrected chi connectivity index (χ2v) is 3.99. The molecule has 1 amide bonds. The fourth-order valence-corrected chi connectivity index (χ4v) is 1.75. The Hall–Kier alpha value is -0.610. The van der Waals surface area contributed by atoms with Crippen molar-refractivity contribution >= 4 is 5.91 Å². The smallest absolute Gasteiger partial charge is 0.236 e. The van der Waals surface area contributed by atoms with Gasteiger partial charge in [0, 0.05) is 13.2 Å². The Labute approximate surface area is 91.8 Å². The summed E-state index contributed by atoms with van der Waals surface area (Å²) < 4.78 is 5.50. The van der Waals surface area contributed by atoms with Crippen molar-refractivity contribution in [2.24, 2.45) is 0 Å². The van der Waals surface area contributed by atoms with Gasteiger partial charge in [-0.05, 0) is 39.7 Å². The molecule has 1 heterocycles. The third-order valence-electron chi connectivity index (χ3n) is 2.69. The molecule has 15 heavy (non-hydrogen) atoms. The lowest BCUT2D eigenvalue weighted by Gasteiger charge is -2.15. The summed E-state index contributed by atoms with van der Waals surface area (Å²) in [5.74, 6) is 0.0739. The summed E-state index contributed by atoms with van der Waals surface area (Å²) >= 11 is 0. The molecular formula is C11H22N2O2.